The van der Waals surface area contributed by atoms with Gasteiger partial charge in [-0.25, -0.2) is 4.98 Å². The number of pyridine rings is 1. The summed E-state index contributed by atoms with van der Waals surface area (Å²) in [7, 11) is 0. The molecule has 1 heterocycles. The van der Waals surface area contributed by atoms with E-state index in [0.717, 1.165) is 5.92 Å². The van der Waals surface area contributed by atoms with Gasteiger partial charge in [0.25, 0.3) is 0 Å². The van der Waals surface area contributed by atoms with Crippen molar-refractivity contribution in [3.8, 4) is 0 Å². The van der Waals surface area contributed by atoms with Crippen molar-refractivity contribution >= 4 is 0 Å². The summed E-state index contributed by atoms with van der Waals surface area (Å²) in [5.41, 5.74) is -0.114. The fourth-order valence-electron chi connectivity index (χ4n) is 1.26. The summed E-state index contributed by atoms with van der Waals surface area (Å²) in [6.45, 7) is 15.5. The number of halogens is 3. The van der Waals surface area contributed by atoms with E-state index >= 15 is 0 Å². The molecule has 0 spiro atoms. The van der Waals surface area contributed by atoms with Crippen LogP contribution in [0.1, 0.15) is 71.3 Å². The zero-order valence-electron chi connectivity index (χ0n) is 13.9. The summed E-state index contributed by atoms with van der Waals surface area (Å²) in [5, 5.41) is 0. The van der Waals surface area contributed by atoms with Crippen LogP contribution in [0, 0.1) is 12.8 Å². The van der Waals surface area contributed by atoms with Gasteiger partial charge in [-0.15, -0.1) is 0 Å². The van der Waals surface area contributed by atoms with E-state index in [0.29, 0.717) is 5.69 Å². The first kappa shape index (κ1) is 21.2. The van der Waals surface area contributed by atoms with Crippen LogP contribution in [0.5, 0.6) is 0 Å². The molecule has 0 amide bonds. The van der Waals surface area contributed by atoms with Crippen molar-refractivity contribution in [2.45, 2.75) is 67.5 Å². The number of rotatable bonds is 1. The fourth-order valence-corrected chi connectivity index (χ4v) is 1.26. The van der Waals surface area contributed by atoms with Crippen LogP contribution in [0.15, 0.2) is 12.1 Å². The highest BCUT2D eigenvalue weighted by Crippen LogP contribution is 2.33. The maximum Gasteiger partial charge on any atom is 0.433 e. The summed E-state index contributed by atoms with van der Waals surface area (Å²) in [4.78, 5) is 3.54. The fraction of sp³-hybridized carbons (Fsp3) is 0.688. The third kappa shape index (κ3) is 8.94. The second-order valence-electron chi connectivity index (χ2n) is 5.27. The summed E-state index contributed by atoms with van der Waals surface area (Å²) < 4.78 is 37.6. The number of aromatic nitrogens is 1. The lowest BCUT2D eigenvalue weighted by Crippen LogP contribution is -2.13. The number of nitrogens with zero attached hydrogens (tertiary/aromatic N) is 1. The number of hydrogen-bond donors (Lipinski definition) is 0. The maximum atomic E-state index is 12.5. The Bertz CT molecular complexity index is 366. The van der Waals surface area contributed by atoms with Crippen molar-refractivity contribution in [3.05, 3.63) is 29.1 Å². The van der Waals surface area contributed by atoms with Gasteiger partial charge in [0, 0.05) is 5.69 Å². The second kappa shape index (κ2) is 9.78. The van der Waals surface area contributed by atoms with E-state index in [4.69, 9.17) is 0 Å². The molecule has 1 aromatic heterocycles. The van der Waals surface area contributed by atoms with E-state index in [1.165, 1.54) is 6.07 Å². The molecule has 118 valence electrons. The van der Waals surface area contributed by atoms with Crippen LogP contribution in [-0.2, 0) is 6.18 Å². The second-order valence-corrected chi connectivity index (χ2v) is 5.27. The summed E-state index contributed by atoms with van der Waals surface area (Å²) in [5.74, 6) is 0.666. The van der Waals surface area contributed by atoms with E-state index in [2.05, 4.69) is 25.8 Å². The van der Waals surface area contributed by atoms with Crippen molar-refractivity contribution in [1.82, 2.24) is 4.98 Å². The average molecular weight is 291 g/mol. The van der Waals surface area contributed by atoms with Crippen molar-refractivity contribution < 1.29 is 13.2 Å². The molecule has 0 N–H and O–H groups in total. The lowest BCUT2D eigenvalue weighted by Gasteiger charge is -2.14. The van der Waals surface area contributed by atoms with E-state index in [1.807, 2.05) is 13.8 Å². The Morgan fingerprint density at radius 2 is 1.35 bits per heavy atom. The first-order valence-electron chi connectivity index (χ1n) is 7.10. The third-order valence-electron chi connectivity index (χ3n) is 1.96. The van der Waals surface area contributed by atoms with Gasteiger partial charge in [-0.05, 0) is 30.4 Å². The zero-order chi connectivity index (χ0) is 16.5. The Balaban J connectivity index is 0. The Labute approximate surface area is 121 Å². The molecule has 0 radical (unpaired) electrons. The predicted molar refractivity (Wildman–Crippen MR) is 79.9 cm³/mol. The molecule has 0 aliphatic rings. The van der Waals surface area contributed by atoms with Crippen LogP contribution >= 0.6 is 0 Å². The quantitative estimate of drug-likeness (QED) is 0.598. The maximum absolute atomic E-state index is 12.5. The van der Waals surface area contributed by atoms with Crippen LogP contribution in [0.3, 0.4) is 0 Å². The van der Waals surface area contributed by atoms with Crippen LogP contribution in [0.25, 0.3) is 0 Å². The number of alkyl halides is 3. The van der Waals surface area contributed by atoms with Gasteiger partial charge in [0.15, 0.2) is 0 Å². The molecule has 0 atom stereocenters. The van der Waals surface area contributed by atoms with Crippen LogP contribution in [0.4, 0.5) is 13.2 Å². The van der Waals surface area contributed by atoms with Crippen LogP contribution in [0.2, 0.25) is 0 Å². The van der Waals surface area contributed by atoms with Gasteiger partial charge in [0.2, 0.25) is 0 Å². The minimum atomic E-state index is -4.36. The Hall–Kier alpha value is -1.06. The molecule has 4 heteroatoms. The summed E-state index contributed by atoms with van der Waals surface area (Å²) in [6.07, 6.45) is -4.36. The third-order valence-corrected chi connectivity index (χ3v) is 1.96. The zero-order valence-corrected chi connectivity index (χ0v) is 13.9. The van der Waals surface area contributed by atoms with Gasteiger partial charge in [-0.1, -0.05) is 54.5 Å². The molecule has 1 aromatic rings. The Morgan fingerprint density at radius 1 is 0.950 bits per heavy atom. The highest BCUT2D eigenvalue weighted by Gasteiger charge is 2.35. The Morgan fingerprint density at radius 3 is 1.65 bits per heavy atom. The van der Waals surface area contributed by atoms with Crippen molar-refractivity contribution in [2.24, 2.45) is 5.92 Å². The molecule has 0 bridgehead atoms. The predicted octanol–water partition coefficient (Wildman–Crippen LogP) is 6.22. The normalized spacial score (nSPS) is 10.7. The lowest BCUT2D eigenvalue weighted by molar-refractivity contribution is -0.142. The molecule has 0 unspecified atom stereocenters. The highest BCUT2D eigenvalue weighted by atomic mass is 19.4. The van der Waals surface area contributed by atoms with E-state index < -0.39 is 11.9 Å². The molecule has 0 saturated carbocycles. The average Bonchev–Trinajstić information content (AvgIpc) is 2.29. The molecule has 0 aliphatic heterocycles. The number of aryl methyl sites for hydroxylation is 1. The molecular formula is C16H28F3N. The van der Waals surface area contributed by atoms with Gasteiger partial charge in [0.1, 0.15) is 5.69 Å². The van der Waals surface area contributed by atoms with Crippen LogP contribution in [-0.4, -0.2) is 4.98 Å². The molecule has 0 aliphatic carbocycles. The van der Waals surface area contributed by atoms with Crippen LogP contribution < -0.4 is 0 Å². The summed E-state index contributed by atoms with van der Waals surface area (Å²) in [6, 6.07) is 3.10. The van der Waals surface area contributed by atoms with Gasteiger partial charge in [-0.2, -0.15) is 13.2 Å². The molecule has 0 saturated heterocycles. The number of hydrogen-bond acceptors (Lipinski definition) is 1. The SMILES string of the molecule is CC.CC(C)C.Cc1ccc(C(C)C)c(C(F)(F)F)n1. The minimum absolute atomic E-state index is 0.167. The van der Waals surface area contributed by atoms with Gasteiger partial charge in [0.05, 0.1) is 0 Å². The monoisotopic (exact) mass is 291 g/mol. The molecule has 0 aromatic carbocycles. The van der Waals surface area contributed by atoms with Gasteiger partial charge < -0.3 is 0 Å². The largest absolute Gasteiger partial charge is 0.433 e. The molecule has 20 heavy (non-hydrogen) atoms. The first-order chi connectivity index (χ1) is 9.05. The summed E-state index contributed by atoms with van der Waals surface area (Å²) >= 11 is 0. The highest BCUT2D eigenvalue weighted by molar-refractivity contribution is 5.27. The molecule has 1 rings (SSSR count). The molecule has 1 nitrogen and oxygen atoms in total. The lowest BCUT2D eigenvalue weighted by atomic mass is 10.0. The van der Waals surface area contributed by atoms with Crippen molar-refractivity contribution in [3.63, 3.8) is 0 Å². The van der Waals surface area contributed by atoms with E-state index in [9.17, 15) is 13.2 Å². The van der Waals surface area contributed by atoms with Gasteiger partial charge >= 0.3 is 6.18 Å². The molecule has 0 fully saturated rings. The van der Waals surface area contributed by atoms with E-state index in [1.54, 1.807) is 26.8 Å². The topological polar surface area (TPSA) is 12.9 Å². The smallest absolute Gasteiger partial charge is 0.248 e. The van der Waals surface area contributed by atoms with Crippen molar-refractivity contribution in [1.29, 1.82) is 0 Å². The van der Waals surface area contributed by atoms with E-state index in [-0.39, 0.29) is 11.5 Å². The Kier molecular flexibility index (Phi) is 10.4. The molecular weight excluding hydrogens is 263 g/mol. The standard InChI is InChI=1S/C10H12F3N.C4H10.C2H6/c1-6(2)8-5-4-7(3)14-9(8)10(11,12)13;1-4(2)3;1-2/h4-6H,1-3H3;4H,1-3H3;1-2H3. The van der Waals surface area contributed by atoms with Crippen molar-refractivity contribution in [2.75, 3.05) is 0 Å². The minimum Gasteiger partial charge on any atom is -0.248 e. The first-order valence-corrected chi connectivity index (χ1v) is 7.10. The van der Waals surface area contributed by atoms with Gasteiger partial charge in [-0.3, -0.25) is 0 Å².